The van der Waals surface area contributed by atoms with Crippen molar-refractivity contribution in [1.82, 2.24) is 10.2 Å². The smallest absolute Gasteiger partial charge is 0.263 e. The third kappa shape index (κ3) is 5.04. The van der Waals surface area contributed by atoms with Gasteiger partial charge in [-0.15, -0.1) is 0 Å². The number of imide groups is 1. The molecule has 1 N–H and O–H groups in total. The first-order chi connectivity index (χ1) is 19.0. The number of ether oxygens (including phenoxy) is 2. The summed E-state index contributed by atoms with van der Waals surface area (Å²) in [5.41, 5.74) is 3.48. The van der Waals surface area contributed by atoms with Crippen molar-refractivity contribution in [3.63, 3.8) is 0 Å². The van der Waals surface area contributed by atoms with Crippen molar-refractivity contribution < 1.29 is 23.9 Å². The Bertz CT molecular complexity index is 1450. The van der Waals surface area contributed by atoms with Crippen molar-refractivity contribution >= 4 is 35.0 Å². The quantitative estimate of drug-likeness (QED) is 0.442. The summed E-state index contributed by atoms with van der Waals surface area (Å²) in [6, 6.07) is 18.5. The summed E-state index contributed by atoms with van der Waals surface area (Å²) in [4.78, 5) is 42.9. The van der Waals surface area contributed by atoms with Gasteiger partial charge < -0.3 is 19.7 Å². The van der Waals surface area contributed by atoms with Crippen LogP contribution < -0.4 is 19.7 Å². The van der Waals surface area contributed by atoms with Crippen molar-refractivity contribution in [3.8, 4) is 11.5 Å². The predicted molar refractivity (Wildman–Crippen MR) is 146 cm³/mol. The fourth-order valence-corrected chi connectivity index (χ4v) is 5.71. The first-order valence-electron chi connectivity index (χ1n) is 13.1. The summed E-state index contributed by atoms with van der Waals surface area (Å²) < 4.78 is 10.8. The molecular weight excluding hydrogens is 518 g/mol. The summed E-state index contributed by atoms with van der Waals surface area (Å²) >= 11 is 6.04. The van der Waals surface area contributed by atoms with E-state index < -0.39 is 0 Å². The van der Waals surface area contributed by atoms with Gasteiger partial charge in [0, 0.05) is 30.6 Å². The van der Waals surface area contributed by atoms with E-state index in [1.807, 2.05) is 42.5 Å². The molecule has 0 aliphatic carbocycles. The van der Waals surface area contributed by atoms with Gasteiger partial charge in [-0.25, -0.2) is 0 Å². The number of rotatable bonds is 7. The van der Waals surface area contributed by atoms with E-state index in [1.165, 1.54) is 4.90 Å². The van der Waals surface area contributed by atoms with Crippen LogP contribution in [-0.2, 0) is 17.8 Å². The van der Waals surface area contributed by atoms with Gasteiger partial charge in [-0.2, -0.15) is 0 Å². The maximum Gasteiger partial charge on any atom is 0.263 e. The van der Waals surface area contributed by atoms with E-state index in [9.17, 15) is 14.4 Å². The van der Waals surface area contributed by atoms with Gasteiger partial charge in [0.2, 0.25) is 12.7 Å². The lowest BCUT2D eigenvalue weighted by Crippen LogP contribution is -2.41. The molecule has 3 aromatic carbocycles. The molecule has 0 bridgehead atoms. The fraction of sp³-hybridized carbons (Fsp3) is 0.300. The predicted octanol–water partition coefficient (Wildman–Crippen LogP) is 4.44. The Labute approximate surface area is 231 Å². The average Bonchev–Trinajstić information content (AvgIpc) is 3.51. The number of hydrogen-bond donors (Lipinski definition) is 1. The van der Waals surface area contributed by atoms with Crippen LogP contribution in [0, 0.1) is 5.92 Å². The number of carbonyl (C=O) groups excluding carboxylic acids is 3. The summed E-state index contributed by atoms with van der Waals surface area (Å²) in [6.07, 6.45) is 2.08. The zero-order valence-corrected chi connectivity index (χ0v) is 22.1. The van der Waals surface area contributed by atoms with E-state index in [4.69, 9.17) is 21.1 Å². The Morgan fingerprint density at radius 2 is 1.72 bits per heavy atom. The monoisotopic (exact) mass is 545 g/mol. The third-order valence-corrected chi connectivity index (χ3v) is 7.80. The van der Waals surface area contributed by atoms with Gasteiger partial charge in [0.1, 0.15) is 0 Å². The van der Waals surface area contributed by atoms with Crippen LogP contribution in [0.5, 0.6) is 11.5 Å². The molecule has 3 aromatic rings. The van der Waals surface area contributed by atoms with Crippen LogP contribution in [0.3, 0.4) is 0 Å². The minimum absolute atomic E-state index is 0.0520. The number of halogens is 1. The molecule has 3 aliphatic heterocycles. The van der Waals surface area contributed by atoms with E-state index in [1.54, 1.807) is 18.2 Å². The largest absolute Gasteiger partial charge is 0.454 e. The van der Waals surface area contributed by atoms with Crippen LogP contribution in [0.2, 0.25) is 5.02 Å². The first kappa shape index (κ1) is 25.2. The molecule has 8 nitrogen and oxygen atoms in total. The molecule has 0 aromatic heterocycles. The van der Waals surface area contributed by atoms with E-state index in [0.29, 0.717) is 60.1 Å². The molecule has 3 heterocycles. The first-order valence-corrected chi connectivity index (χ1v) is 13.5. The standard InChI is InChI=1S/C30H28ClN3O5/c31-22-4-1-3-19(15-22)9-12-32-28(35)21-10-13-33(14-11-21)24-6-2-5-23-27(24)30(37)34(29(23)36)17-20-7-8-25-26(16-20)39-18-38-25/h1-8,15-16,21H,9-14,17-18H2,(H,32,35). The normalized spacial score (nSPS) is 16.5. The number of fused-ring (bicyclic) bond motifs is 2. The summed E-state index contributed by atoms with van der Waals surface area (Å²) in [7, 11) is 0. The van der Waals surface area contributed by atoms with Crippen LogP contribution in [0.15, 0.2) is 60.7 Å². The van der Waals surface area contributed by atoms with E-state index in [2.05, 4.69) is 10.2 Å². The van der Waals surface area contributed by atoms with Gasteiger partial charge in [0.05, 0.1) is 23.4 Å². The molecule has 39 heavy (non-hydrogen) atoms. The molecule has 6 rings (SSSR count). The molecule has 1 saturated heterocycles. The maximum atomic E-state index is 13.5. The van der Waals surface area contributed by atoms with Gasteiger partial charge in [0.25, 0.3) is 11.8 Å². The van der Waals surface area contributed by atoms with Gasteiger partial charge in [-0.3, -0.25) is 19.3 Å². The molecule has 0 atom stereocenters. The zero-order chi connectivity index (χ0) is 26.9. The molecule has 3 aliphatic rings. The van der Waals surface area contributed by atoms with Crippen LogP contribution in [0.25, 0.3) is 0 Å². The Balaban J connectivity index is 1.08. The minimum atomic E-state index is -0.302. The van der Waals surface area contributed by atoms with Crippen molar-refractivity contribution in [2.24, 2.45) is 5.92 Å². The maximum absolute atomic E-state index is 13.5. The van der Waals surface area contributed by atoms with Gasteiger partial charge in [0.15, 0.2) is 11.5 Å². The van der Waals surface area contributed by atoms with Crippen molar-refractivity contribution in [3.05, 3.63) is 87.9 Å². The molecular formula is C30H28ClN3O5. The highest BCUT2D eigenvalue weighted by molar-refractivity contribution is 6.30. The zero-order valence-electron chi connectivity index (χ0n) is 21.3. The number of amides is 3. The minimum Gasteiger partial charge on any atom is -0.454 e. The van der Waals surface area contributed by atoms with Gasteiger partial charge in [-0.1, -0.05) is 35.9 Å². The van der Waals surface area contributed by atoms with Crippen LogP contribution in [-0.4, -0.2) is 49.0 Å². The Morgan fingerprint density at radius 3 is 2.54 bits per heavy atom. The molecule has 200 valence electrons. The lowest BCUT2D eigenvalue weighted by Gasteiger charge is -2.33. The molecule has 0 saturated carbocycles. The molecule has 9 heteroatoms. The Kier molecular flexibility index (Phi) is 6.87. The number of nitrogens with one attached hydrogen (secondary N) is 1. The van der Waals surface area contributed by atoms with Gasteiger partial charge >= 0.3 is 0 Å². The molecule has 0 radical (unpaired) electrons. The molecule has 0 spiro atoms. The van der Waals surface area contributed by atoms with Crippen molar-refractivity contribution in [1.29, 1.82) is 0 Å². The van der Waals surface area contributed by atoms with Crippen molar-refractivity contribution in [2.75, 3.05) is 31.3 Å². The Hall–Kier alpha value is -4.04. The Morgan fingerprint density at radius 1 is 0.923 bits per heavy atom. The molecule has 3 amide bonds. The van der Waals surface area contributed by atoms with Crippen LogP contribution in [0.1, 0.15) is 44.7 Å². The lowest BCUT2D eigenvalue weighted by atomic mass is 9.94. The second kappa shape index (κ2) is 10.6. The number of benzene rings is 3. The van der Waals surface area contributed by atoms with E-state index >= 15 is 0 Å². The second-order valence-electron chi connectivity index (χ2n) is 10.0. The SMILES string of the molecule is O=C(NCCc1cccc(Cl)c1)C1CCN(c2cccc3c2C(=O)N(Cc2ccc4c(c2)OCO4)C3=O)CC1. The van der Waals surface area contributed by atoms with E-state index in [0.717, 1.165) is 23.2 Å². The summed E-state index contributed by atoms with van der Waals surface area (Å²) in [5.74, 6) is 0.628. The van der Waals surface area contributed by atoms with Crippen molar-refractivity contribution in [2.45, 2.75) is 25.8 Å². The lowest BCUT2D eigenvalue weighted by molar-refractivity contribution is -0.125. The van der Waals surface area contributed by atoms with E-state index in [-0.39, 0.29) is 37.0 Å². The van der Waals surface area contributed by atoms with Crippen LogP contribution >= 0.6 is 11.6 Å². The average molecular weight is 546 g/mol. The van der Waals surface area contributed by atoms with Crippen LogP contribution in [0.4, 0.5) is 5.69 Å². The highest BCUT2D eigenvalue weighted by Gasteiger charge is 2.39. The third-order valence-electron chi connectivity index (χ3n) is 7.56. The fourth-order valence-electron chi connectivity index (χ4n) is 5.49. The topological polar surface area (TPSA) is 88.2 Å². The number of anilines is 1. The van der Waals surface area contributed by atoms with Gasteiger partial charge in [-0.05, 0) is 66.8 Å². The number of carbonyl (C=O) groups is 3. The summed E-state index contributed by atoms with van der Waals surface area (Å²) in [5, 5.41) is 3.74. The summed E-state index contributed by atoms with van der Waals surface area (Å²) in [6.45, 7) is 2.14. The highest BCUT2D eigenvalue weighted by atomic mass is 35.5. The number of piperidine rings is 1. The number of nitrogens with zero attached hydrogens (tertiary/aromatic N) is 2. The molecule has 1 fully saturated rings. The highest BCUT2D eigenvalue weighted by Crippen LogP contribution is 2.36. The molecule has 0 unspecified atom stereocenters. The second-order valence-corrected chi connectivity index (χ2v) is 10.5. The number of hydrogen-bond acceptors (Lipinski definition) is 6.